The molecule has 0 aromatic heterocycles. The van der Waals surface area contributed by atoms with Crippen molar-refractivity contribution >= 4 is 5.78 Å². The molecule has 2 aliphatic rings. The highest BCUT2D eigenvalue weighted by Gasteiger charge is 2.43. The van der Waals surface area contributed by atoms with Crippen molar-refractivity contribution in [3.8, 4) is 11.8 Å². The third-order valence-corrected chi connectivity index (χ3v) is 6.14. The molecule has 4 rings (SSSR count). The summed E-state index contributed by atoms with van der Waals surface area (Å²) >= 11 is 0. The van der Waals surface area contributed by atoms with Crippen molar-refractivity contribution in [1.29, 1.82) is 5.26 Å². The lowest BCUT2D eigenvalue weighted by molar-refractivity contribution is -0.117. The van der Waals surface area contributed by atoms with Gasteiger partial charge in [0.05, 0.1) is 24.2 Å². The second-order valence-electron chi connectivity index (χ2n) is 8.27. The van der Waals surface area contributed by atoms with Crippen LogP contribution in [-0.4, -0.2) is 36.5 Å². The number of carbonyl (C=O) groups is 1. The maximum absolute atomic E-state index is 13.7. The Hall–Kier alpha value is -3.56. The van der Waals surface area contributed by atoms with E-state index in [1.165, 1.54) is 0 Å². The number of carbonyl (C=O) groups excluding carboxylic acids is 1. The number of rotatable bonds is 5. The van der Waals surface area contributed by atoms with Crippen molar-refractivity contribution < 1.29 is 9.53 Å². The Morgan fingerprint density at radius 1 is 1.12 bits per heavy atom. The van der Waals surface area contributed by atoms with Gasteiger partial charge in [-0.3, -0.25) is 9.80 Å². The summed E-state index contributed by atoms with van der Waals surface area (Å²) in [6, 6.07) is 20.0. The summed E-state index contributed by atoms with van der Waals surface area (Å²) in [5, 5.41) is 13.8. The van der Waals surface area contributed by atoms with Gasteiger partial charge in [0.1, 0.15) is 11.6 Å². The summed E-state index contributed by atoms with van der Waals surface area (Å²) in [6.45, 7) is 2.41. The van der Waals surface area contributed by atoms with Crippen molar-refractivity contribution in [3.05, 3.63) is 88.4 Å². The molecule has 0 amide bonds. The molecule has 1 aliphatic heterocycles. The fraction of sp³-hybridized carbons (Fsp3) is 0.308. The van der Waals surface area contributed by atoms with Crippen LogP contribution >= 0.6 is 0 Å². The Balaban J connectivity index is 1.92. The third-order valence-electron chi connectivity index (χ3n) is 6.14. The monoisotopic (exact) mass is 428 g/mol. The first kappa shape index (κ1) is 21.7. The molecule has 0 bridgehead atoms. The van der Waals surface area contributed by atoms with E-state index in [-0.39, 0.29) is 11.7 Å². The summed E-state index contributed by atoms with van der Waals surface area (Å²) in [5.41, 5.74) is 10.4. The number of nitrogens with zero attached hydrogens (tertiary/aromatic N) is 3. The number of ketones is 1. The van der Waals surface area contributed by atoms with E-state index in [2.05, 4.69) is 18.2 Å². The minimum atomic E-state index is -0.543. The van der Waals surface area contributed by atoms with Crippen molar-refractivity contribution in [2.75, 3.05) is 20.7 Å². The van der Waals surface area contributed by atoms with Crippen LogP contribution in [0.25, 0.3) is 0 Å². The molecule has 2 N–H and O–H groups in total. The maximum atomic E-state index is 13.7. The van der Waals surface area contributed by atoms with E-state index in [1.807, 2.05) is 73.5 Å². The molecule has 0 radical (unpaired) electrons. The summed E-state index contributed by atoms with van der Waals surface area (Å²) in [7, 11) is 3.75. The average molecular weight is 429 g/mol. The van der Waals surface area contributed by atoms with E-state index < -0.39 is 5.92 Å². The number of para-hydroxylation sites is 1. The first-order valence-corrected chi connectivity index (χ1v) is 10.9. The van der Waals surface area contributed by atoms with Gasteiger partial charge in [0, 0.05) is 37.3 Å². The highest BCUT2D eigenvalue weighted by Crippen LogP contribution is 2.49. The normalized spacial score (nSPS) is 21.0. The Kier molecular flexibility index (Phi) is 6.02. The predicted octanol–water partition coefficient (Wildman–Crippen LogP) is 4.06. The van der Waals surface area contributed by atoms with Gasteiger partial charge >= 0.3 is 0 Å². The molecule has 6 heteroatoms. The van der Waals surface area contributed by atoms with E-state index in [0.29, 0.717) is 42.2 Å². The number of hydrogen-bond donors (Lipinski definition) is 1. The van der Waals surface area contributed by atoms with E-state index in [4.69, 9.17) is 10.5 Å². The number of Topliss-reactive ketones (excluding diaryl/α,β-unsaturated/α-hetero) is 1. The van der Waals surface area contributed by atoms with Crippen LogP contribution in [0.5, 0.6) is 5.75 Å². The highest BCUT2D eigenvalue weighted by molar-refractivity contribution is 6.00. The maximum Gasteiger partial charge on any atom is 0.162 e. The molecule has 1 heterocycles. The predicted molar refractivity (Wildman–Crippen MR) is 123 cm³/mol. The lowest BCUT2D eigenvalue weighted by Gasteiger charge is -2.44. The number of benzene rings is 2. The lowest BCUT2D eigenvalue weighted by atomic mass is 9.72. The van der Waals surface area contributed by atoms with Crippen molar-refractivity contribution in [3.63, 3.8) is 0 Å². The molecule has 32 heavy (non-hydrogen) atoms. The van der Waals surface area contributed by atoms with Gasteiger partial charge in [0.25, 0.3) is 0 Å². The largest absolute Gasteiger partial charge is 0.494 e. The minimum Gasteiger partial charge on any atom is -0.494 e. The summed E-state index contributed by atoms with van der Waals surface area (Å²) in [6.07, 6.45) is 1.06. The summed E-state index contributed by atoms with van der Waals surface area (Å²) in [5.74, 6) is 0.587. The molecule has 0 saturated carbocycles. The van der Waals surface area contributed by atoms with Gasteiger partial charge in [-0.15, -0.1) is 0 Å². The number of hydrazine groups is 1. The van der Waals surface area contributed by atoms with E-state index in [0.717, 1.165) is 16.8 Å². The van der Waals surface area contributed by atoms with Crippen LogP contribution in [0.3, 0.4) is 0 Å². The molecule has 6 nitrogen and oxygen atoms in total. The second-order valence-corrected chi connectivity index (χ2v) is 8.27. The lowest BCUT2D eigenvalue weighted by Crippen LogP contribution is -2.46. The van der Waals surface area contributed by atoms with Crippen LogP contribution in [0.2, 0.25) is 0 Å². The van der Waals surface area contributed by atoms with Crippen LogP contribution in [0.1, 0.15) is 42.7 Å². The average Bonchev–Trinajstić information content (AvgIpc) is 2.79. The van der Waals surface area contributed by atoms with Gasteiger partial charge < -0.3 is 10.5 Å². The van der Waals surface area contributed by atoms with Crippen molar-refractivity contribution in [2.24, 2.45) is 5.73 Å². The highest BCUT2D eigenvalue weighted by atomic mass is 16.5. The molecule has 2 aromatic rings. The number of ether oxygens (including phenoxy) is 1. The van der Waals surface area contributed by atoms with E-state index in [1.54, 1.807) is 0 Å². The van der Waals surface area contributed by atoms with Gasteiger partial charge in [-0.25, -0.2) is 5.01 Å². The zero-order valence-electron chi connectivity index (χ0n) is 18.7. The summed E-state index contributed by atoms with van der Waals surface area (Å²) in [4.78, 5) is 13.7. The smallest absolute Gasteiger partial charge is 0.162 e. The van der Waals surface area contributed by atoms with E-state index in [9.17, 15) is 10.1 Å². The number of hydrogen-bond acceptors (Lipinski definition) is 6. The fourth-order valence-electron chi connectivity index (χ4n) is 4.85. The Labute approximate surface area is 189 Å². The Bertz CT molecular complexity index is 1130. The topological polar surface area (TPSA) is 82.6 Å². The van der Waals surface area contributed by atoms with Crippen LogP contribution in [0, 0.1) is 11.3 Å². The minimum absolute atomic E-state index is 0.0449. The van der Waals surface area contributed by atoms with Crippen LogP contribution < -0.4 is 10.5 Å². The first-order chi connectivity index (χ1) is 15.5. The molecule has 1 aliphatic carbocycles. The van der Waals surface area contributed by atoms with Gasteiger partial charge in [-0.1, -0.05) is 48.5 Å². The Morgan fingerprint density at radius 2 is 1.81 bits per heavy atom. The third kappa shape index (κ3) is 3.65. The van der Waals surface area contributed by atoms with Crippen LogP contribution in [-0.2, 0) is 4.79 Å². The molecule has 164 valence electrons. The Morgan fingerprint density at radius 3 is 2.47 bits per heavy atom. The number of allylic oxidation sites excluding steroid dienone is 3. The molecule has 2 aromatic carbocycles. The van der Waals surface area contributed by atoms with Crippen molar-refractivity contribution in [1.82, 2.24) is 10.0 Å². The van der Waals surface area contributed by atoms with Gasteiger partial charge in [0.2, 0.25) is 0 Å². The van der Waals surface area contributed by atoms with Crippen molar-refractivity contribution in [2.45, 2.75) is 31.6 Å². The second kappa shape index (κ2) is 8.89. The zero-order valence-corrected chi connectivity index (χ0v) is 18.7. The molecule has 0 spiro atoms. The van der Waals surface area contributed by atoms with Gasteiger partial charge in [-0.05, 0) is 30.9 Å². The number of nitrogens with two attached hydrogens (primary N) is 1. The number of nitriles is 1. The quantitative estimate of drug-likeness (QED) is 0.773. The van der Waals surface area contributed by atoms with Crippen LogP contribution in [0.15, 0.2) is 77.3 Å². The molecule has 2 atom stereocenters. The van der Waals surface area contributed by atoms with Crippen LogP contribution in [0.4, 0.5) is 0 Å². The van der Waals surface area contributed by atoms with Gasteiger partial charge in [0.15, 0.2) is 5.78 Å². The molecule has 2 unspecified atom stereocenters. The SMILES string of the molecule is CCOc1ccccc1C1C(C#N)=C(N)N(N(C)C)C2=C1C(=O)CC(c1ccccc1)C2. The summed E-state index contributed by atoms with van der Waals surface area (Å²) < 4.78 is 5.87. The zero-order chi connectivity index (χ0) is 22.8. The standard InChI is InChI=1S/C26H28N4O2/c1-4-32-23-13-9-8-12-19(23)24-20(16-27)26(28)30(29(2)3)21-14-18(15-22(31)25(21)24)17-10-6-5-7-11-17/h5-13,18,24H,4,14-15,28H2,1-3H3. The van der Waals surface area contributed by atoms with E-state index >= 15 is 0 Å². The molecular formula is C26H28N4O2. The van der Waals surface area contributed by atoms with Gasteiger partial charge in [-0.2, -0.15) is 5.26 Å². The molecule has 0 fully saturated rings. The molecule has 0 saturated heterocycles. The molecular weight excluding hydrogens is 400 g/mol. The first-order valence-electron chi connectivity index (χ1n) is 10.9. The fourth-order valence-corrected chi connectivity index (χ4v) is 4.85.